The Morgan fingerprint density at radius 2 is 1.82 bits per heavy atom. The fourth-order valence-corrected chi connectivity index (χ4v) is 1.86. The van der Waals surface area contributed by atoms with Gasteiger partial charge in [0.1, 0.15) is 0 Å². The molecule has 0 amide bonds. The summed E-state index contributed by atoms with van der Waals surface area (Å²) in [6.45, 7) is 0.324. The van der Waals surface area contributed by atoms with Crippen LogP contribution in [0.2, 0.25) is 5.02 Å². The highest BCUT2D eigenvalue weighted by molar-refractivity contribution is 6.31. The van der Waals surface area contributed by atoms with Crippen LogP contribution in [0, 0.1) is 0 Å². The van der Waals surface area contributed by atoms with E-state index in [1.807, 2.05) is 18.2 Å². The van der Waals surface area contributed by atoms with E-state index in [0.717, 1.165) is 5.56 Å². The normalized spacial score (nSPS) is 10.2. The van der Waals surface area contributed by atoms with Crippen LogP contribution in [0.25, 0.3) is 0 Å². The summed E-state index contributed by atoms with van der Waals surface area (Å²) in [6, 6.07) is 14.3. The fraction of sp³-hybridized carbons (Fsp3) is 0.0714. The van der Waals surface area contributed by atoms with Gasteiger partial charge < -0.3 is 5.73 Å². The molecule has 0 saturated heterocycles. The zero-order valence-electron chi connectivity index (χ0n) is 9.19. The van der Waals surface area contributed by atoms with Gasteiger partial charge >= 0.3 is 0 Å². The van der Waals surface area contributed by atoms with Gasteiger partial charge in [0.05, 0.1) is 0 Å². The third-order valence-electron chi connectivity index (χ3n) is 2.57. The Kier molecular flexibility index (Phi) is 3.57. The number of carbonyl (C=O) groups is 1. The fourth-order valence-electron chi connectivity index (χ4n) is 1.68. The third kappa shape index (κ3) is 2.54. The second kappa shape index (κ2) is 5.13. The summed E-state index contributed by atoms with van der Waals surface area (Å²) < 4.78 is 0. The molecule has 86 valence electrons. The van der Waals surface area contributed by atoms with Crippen molar-refractivity contribution in [3.05, 3.63) is 70.2 Å². The van der Waals surface area contributed by atoms with E-state index in [2.05, 4.69) is 0 Å². The molecule has 2 aromatic carbocycles. The quantitative estimate of drug-likeness (QED) is 0.845. The van der Waals surface area contributed by atoms with Gasteiger partial charge in [-0.1, -0.05) is 48.0 Å². The number of hydrogen-bond donors (Lipinski definition) is 1. The van der Waals surface area contributed by atoms with Gasteiger partial charge in [0.2, 0.25) is 0 Å². The molecule has 3 heteroatoms. The van der Waals surface area contributed by atoms with Crippen molar-refractivity contribution in [1.82, 2.24) is 0 Å². The van der Waals surface area contributed by atoms with Gasteiger partial charge in [0.15, 0.2) is 5.78 Å². The molecule has 0 radical (unpaired) electrons. The second-order valence-corrected chi connectivity index (χ2v) is 4.14. The van der Waals surface area contributed by atoms with Crippen molar-refractivity contribution >= 4 is 17.4 Å². The van der Waals surface area contributed by atoms with Crippen LogP contribution in [0.1, 0.15) is 21.5 Å². The molecule has 0 unspecified atom stereocenters. The number of rotatable bonds is 3. The van der Waals surface area contributed by atoms with Crippen molar-refractivity contribution in [2.75, 3.05) is 0 Å². The highest BCUT2D eigenvalue weighted by atomic mass is 35.5. The molecule has 0 saturated carbocycles. The van der Waals surface area contributed by atoms with E-state index in [0.29, 0.717) is 22.7 Å². The number of nitrogens with two attached hydrogens (primary N) is 1. The number of ketones is 1. The molecule has 0 bridgehead atoms. The van der Waals surface area contributed by atoms with Crippen LogP contribution in [0.4, 0.5) is 0 Å². The standard InChI is InChI=1S/C14H12ClNO/c15-12-7-6-11(9-16)13(8-12)14(17)10-4-2-1-3-5-10/h1-8H,9,16H2. The Bertz CT molecular complexity index is 537. The maximum atomic E-state index is 12.3. The Morgan fingerprint density at radius 3 is 2.47 bits per heavy atom. The maximum absolute atomic E-state index is 12.3. The highest BCUT2D eigenvalue weighted by Gasteiger charge is 2.12. The molecule has 0 aliphatic heterocycles. The molecule has 0 spiro atoms. The average molecular weight is 246 g/mol. The van der Waals surface area contributed by atoms with Crippen LogP contribution < -0.4 is 5.73 Å². The molecular weight excluding hydrogens is 234 g/mol. The average Bonchev–Trinajstić information content (AvgIpc) is 2.39. The molecule has 0 aliphatic rings. The van der Waals surface area contributed by atoms with Crippen LogP contribution >= 0.6 is 11.6 Å². The van der Waals surface area contributed by atoms with Gasteiger partial charge in [-0.05, 0) is 17.7 Å². The Balaban J connectivity index is 2.47. The Labute approximate surface area is 105 Å². The second-order valence-electron chi connectivity index (χ2n) is 3.70. The van der Waals surface area contributed by atoms with Crippen molar-refractivity contribution < 1.29 is 4.79 Å². The lowest BCUT2D eigenvalue weighted by molar-refractivity contribution is 0.103. The number of hydrogen-bond acceptors (Lipinski definition) is 2. The Morgan fingerprint density at radius 1 is 1.12 bits per heavy atom. The minimum atomic E-state index is -0.0476. The summed E-state index contributed by atoms with van der Waals surface area (Å²) in [6.07, 6.45) is 0. The zero-order chi connectivity index (χ0) is 12.3. The van der Waals surface area contributed by atoms with Crippen molar-refractivity contribution in [3.63, 3.8) is 0 Å². The molecule has 0 heterocycles. The van der Waals surface area contributed by atoms with Crippen molar-refractivity contribution in [1.29, 1.82) is 0 Å². The molecule has 2 aromatic rings. The molecule has 0 fully saturated rings. The molecule has 2 rings (SSSR count). The van der Waals surface area contributed by atoms with E-state index >= 15 is 0 Å². The van der Waals surface area contributed by atoms with Crippen molar-refractivity contribution in [2.24, 2.45) is 5.73 Å². The number of halogens is 1. The predicted octanol–water partition coefficient (Wildman–Crippen LogP) is 3.03. The summed E-state index contributed by atoms with van der Waals surface area (Å²) >= 11 is 5.91. The Hall–Kier alpha value is -1.64. The number of benzene rings is 2. The summed E-state index contributed by atoms with van der Waals surface area (Å²) in [7, 11) is 0. The molecule has 17 heavy (non-hydrogen) atoms. The topological polar surface area (TPSA) is 43.1 Å². The van der Waals surface area contributed by atoms with E-state index in [-0.39, 0.29) is 5.78 Å². The predicted molar refractivity (Wildman–Crippen MR) is 69.2 cm³/mol. The minimum Gasteiger partial charge on any atom is -0.326 e. The summed E-state index contributed by atoms with van der Waals surface area (Å²) in [5.74, 6) is -0.0476. The van der Waals surface area contributed by atoms with Crippen molar-refractivity contribution in [3.8, 4) is 0 Å². The largest absolute Gasteiger partial charge is 0.326 e. The van der Waals surface area contributed by atoms with Gasteiger partial charge in [-0.3, -0.25) is 4.79 Å². The van der Waals surface area contributed by atoms with Crippen LogP contribution in [0.15, 0.2) is 48.5 Å². The third-order valence-corrected chi connectivity index (χ3v) is 2.81. The first-order valence-corrected chi connectivity index (χ1v) is 5.68. The van der Waals surface area contributed by atoms with Gasteiger partial charge in [-0.15, -0.1) is 0 Å². The first kappa shape index (κ1) is 11.8. The zero-order valence-corrected chi connectivity index (χ0v) is 9.95. The highest BCUT2D eigenvalue weighted by Crippen LogP contribution is 2.19. The SMILES string of the molecule is NCc1ccc(Cl)cc1C(=O)c1ccccc1. The van der Waals surface area contributed by atoms with E-state index in [4.69, 9.17) is 17.3 Å². The summed E-state index contributed by atoms with van der Waals surface area (Å²) in [4.78, 5) is 12.3. The van der Waals surface area contributed by atoms with E-state index in [9.17, 15) is 4.79 Å². The van der Waals surface area contributed by atoms with Crippen molar-refractivity contribution in [2.45, 2.75) is 6.54 Å². The summed E-state index contributed by atoms with van der Waals surface area (Å²) in [5, 5.41) is 0.543. The van der Waals surface area contributed by atoms with Gasteiger partial charge in [-0.25, -0.2) is 0 Å². The van der Waals surface area contributed by atoms with E-state index in [1.165, 1.54) is 0 Å². The van der Waals surface area contributed by atoms with Crippen LogP contribution in [0.5, 0.6) is 0 Å². The lowest BCUT2D eigenvalue weighted by Gasteiger charge is -2.07. The lowest BCUT2D eigenvalue weighted by Crippen LogP contribution is -2.08. The van der Waals surface area contributed by atoms with Crippen LogP contribution in [0.3, 0.4) is 0 Å². The van der Waals surface area contributed by atoms with Gasteiger partial charge in [-0.2, -0.15) is 0 Å². The molecular formula is C14H12ClNO. The molecule has 2 nitrogen and oxygen atoms in total. The molecule has 2 N–H and O–H groups in total. The smallest absolute Gasteiger partial charge is 0.193 e. The van der Waals surface area contributed by atoms with E-state index < -0.39 is 0 Å². The van der Waals surface area contributed by atoms with Gasteiger partial charge in [0, 0.05) is 22.7 Å². The van der Waals surface area contributed by atoms with Crippen LogP contribution in [-0.2, 0) is 6.54 Å². The maximum Gasteiger partial charge on any atom is 0.193 e. The monoisotopic (exact) mass is 245 g/mol. The first-order valence-electron chi connectivity index (χ1n) is 5.30. The molecule has 0 atom stereocenters. The van der Waals surface area contributed by atoms with Crippen LogP contribution in [-0.4, -0.2) is 5.78 Å². The first-order chi connectivity index (χ1) is 8.22. The minimum absolute atomic E-state index is 0.0476. The lowest BCUT2D eigenvalue weighted by atomic mass is 9.98. The summed E-state index contributed by atoms with van der Waals surface area (Å²) in [5.41, 5.74) is 7.65. The molecule has 0 aromatic heterocycles. The van der Waals surface area contributed by atoms with E-state index in [1.54, 1.807) is 30.3 Å². The number of carbonyl (C=O) groups excluding carboxylic acids is 1. The molecule has 0 aliphatic carbocycles. The van der Waals surface area contributed by atoms with Gasteiger partial charge in [0.25, 0.3) is 0 Å².